The van der Waals surface area contributed by atoms with Crippen molar-refractivity contribution in [3.8, 4) is 5.75 Å². The molecule has 118 valence electrons. The van der Waals surface area contributed by atoms with Crippen LogP contribution in [0.3, 0.4) is 0 Å². The van der Waals surface area contributed by atoms with Crippen LogP contribution in [0.25, 0.3) is 10.9 Å². The molecule has 0 saturated heterocycles. The van der Waals surface area contributed by atoms with E-state index in [9.17, 15) is 4.21 Å². The molecule has 7 heteroatoms. The highest BCUT2D eigenvalue weighted by Gasteiger charge is 2.30. The van der Waals surface area contributed by atoms with Crippen LogP contribution in [0.1, 0.15) is 12.8 Å². The number of pyridine rings is 1. The molecule has 0 spiro atoms. The molecule has 1 atom stereocenters. The second kappa shape index (κ2) is 5.66. The summed E-state index contributed by atoms with van der Waals surface area (Å²) in [6.07, 6.45) is 3.69. The molecule has 1 aliphatic carbocycles. The van der Waals surface area contributed by atoms with E-state index in [0.717, 1.165) is 23.7 Å². The molecule has 0 amide bonds. The van der Waals surface area contributed by atoms with Crippen molar-refractivity contribution in [2.75, 3.05) is 12.4 Å². The van der Waals surface area contributed by atoms with Gasteiger partial charge in [0.25, 0.3) is 0 Å². The summed E-state index contributed by atoms with van der Waals surface area (Å²) in [7, 11) is 0.581. The first-order chi connectivity index (χ1) is 11.3. The maximum Gasteiger partial charge on any atom is 0.174 e. The molecule has 3 aromatic rings. The lowest BCUT2D eigenvalue weighted by Gasteiger charge is -2.10. The number of ether oxygens (including phenoxy) is 1. The minimum Gasteiger partial charge on any atom is -0.493 e. The number of nitrogens with one attached hydrogen (secondary N) is 2. The number of nitrogens with zero attached hydrogens (tertiary/aromatic N) is 2. The molecular formula is C16H16N4O2S. The molecule has 0 bridgehead atoms. The molecule has 23 heavy (non-hydrogen) atoms. The van der Waals surface area contributed by atoms with Crippen LogP contribution in [0.15, 0.2) is 41.4 Å². The van der Waals surface area contributed by atoms with Crippen LogP contribution in [0.5, 0.6) is 5.75 Å². The summed E-state index contributed by atoms with van der Waals surface area (Å²) in [5.74, 6) is 1.80. The van der Waals surface area contributed by atoms with E-state index in [1.54, 1.807) is 19.4 Å². The van der Waals surface area contributed by atoms with Crippen molar-refractivity contribution < 1.29 is 8.95 Å². The van der Waals surface area contributed by atoms with E-state index in [0.29, 0.717) is 22.3 Å². The SMILES string of the molecule is COc1cc(S(=O)C2CC2)cnc1Nc1n[nH]c2ccccc12. The largest absolute Gasteiger partial charge is 0.493 e. The number of rotatable bonds is 5. The summed E-state index contributed by atoms with van der Waals surface area (Å²) >= 11 is 0. The van der Waals surface area contributed by atoms with E-state index in [1.807, 2.05) is 24.3 Å². The molecule has 1 saturated carbocycles. The molecule has 2 aromatic heterocycles. The Kier molecular flexibility index (Phi) is 3.49. The van der Waals surface area contributed by atoms with Crippen molar-refractivity contribution in [1.29, 1.82) is 0 Å². The molecule has 2 heterocycles. The Morgan fingerprint density at radius 2 is 2.13 bits per heavy atom. The van der Waals surface area contributed by atoms with Gasteiger partial charge in [-0.2, -0.15) is 5.10 Å². The molecule has 2 N–H and O–H groups in total. The average Bonchev–Trinajstić information content (AvgIpc) is 3.37. The van der Waals surface area contributed by atoms with E-state index in [4.69, 9.17) is 4.74 Å². The molecule has 4 rings (SSSR count). The minimum atomic E-state index is -0.997. The first-order valence-electron chi connectivity index (χ1n) is 7.41. The van der Waals surface area contributed by atoms with Crippen molar-refractivity contribution in [2.45, 2.75) is 23.0 Å². The number of benzene rings is 1. The number of anilines is 2. The van der Waals surface area contributed by atoms with Gasteiger partial charge < -0.3 is 10.1 Å². The first kappa shape index (κ1) is 14.2. The van der Waals surface area contributed by atoms with Crippen LogP contribution < -0.4 is 10.1 Å². The number of hydrogen-bond acceptors (Lipinski definition) is 5. The zero-order valence-electron chi connectivity index (χ0n) is 12.6. The van der Waals surface area contributed by atoms with E-state index in [1.165, 1.54) is 0 Å². The van der Waals surface area contributed by atoms with Gasteiger partial charge in [-0.3, -0.25) is 9.31 Å². The standard InChI is InChI=1S/C16H16N4O2S/c1-22-14-8-11(23(21)10-6-7-10)9-17-16(14)18-15-12-4-2-3-5-13(12)19-20-15/h2-5,8-10H,6-7H2,1H3,(H2,17,18,19,20). The van der Waals surface area contributed by atoms with Crippen molar-refractivity contribution in [3.63, 3.8) is 0 Å². The highest BCUT2D eigenvalue weighted by Crippen LogP contribution is 2.34. The number of H-pyrrole nitrogens is 1. The molecule has 1 fully saturated rings. The van der Waals surface area contributed by atoms with Gasteiger partial charge in [-0.15, -0.1) is 0 Å². The molecule has 0 radical (unpaired) electrons. The number of aromatic amines is 1. The molecule has 1 aliphatic rings. The van der Waals surface area contributed by atoms with E-state index in [-0.39, 0.29) is 5.25 Å². The first-order valence-corrected chi connectivity index (χ1v) is 8.62. The van der Waals surface area contributed by atoms with Crippen LogP contribution in [0, 0.1) is 0 Å². The number of para-hydroxylation sites is 1. The number of methoxy groups -OCH3 is 1. The molecule has 1 unspecified atom stereocenters. The van der Waals surface area contributed by atoms with Gasteiger partial charge in [0.1, 0.15) is 0 Å². The van der Waals surface area contributed by atoms with Crippen LogP contribution >= 0.6 is 0 Å². The lowest BCUT2D eigenvalue weighted by Crippen LogP contribution is -2.03. The fourth-order valence-electron chi connectivity index (χ4n) is 2.43. The smallest absolute Gasteiger partial charge is 0.174 e. The van der Waals surface area contributed by atoms with E-state index >= 15 is 0 Å². The fraction of sp³-hybridized carbons (Fsp3) is 0.250. The average molecular weight is 328 g/mol. The third-order valence-corrected chi connectivity index (χ3v) is 5.58. The van der Waals surface area contributed by atoms with Gasteiger partial charge in [0.2, 0.25) is 0 Å². The molecule has 6 nitrogen and oxygen atoms in total. The topological polar surface area (TPSA) is 79.9 Å². The van der Waals surface area contributed by atoms with Crippen molar-refractivity contribution >= 4 is 33.3 Å². The maximum atomic E-state index is 12.3. The van der Waals surface area contributed by atoms with Crippen molar-refractivity contribution in [1.82, 2.24) is 15.2 Å². The molecular weight excluding hydrogens is 312 g/mol. The van der Waals surface area contributed by atoms with Crippen LogP contribution in [0.4, 0.5) is 11.6 Å². The monoisotopic (exact) mass is 328 g/mol. The molecule has 0 aliphatic heterocycles. The highest BCUT2D eigenvalue weighted by molar-refractivity contribution is 7.86. The van der Waals surface area contributed by atoms with E-state index in [2.05, 4.69) is 20.5 Å². The highest BCUT2D eigenvalue weighted by atomic mass is 32.2. The molecule has 1 aromatic carbocycles. The van der Waals surface area contributed by atoms with Crippen LogP contribution in [-0.2, 0) is 10.8 Å². The van der Waals surface area contributed by atoms with Crippen LogP contribution in [-0.4, -0.2) is 31.7 Å². The lowest BCUT2D eigenvalue weighted by atomic mass is 10.2. The van der Waals surface area contributed by atoms with Gasteiger partial charge in [-0.1, -0.05) is 12.1 Å². The van der Waals surface area contributed by atoms with Crippen LogP contribution in [0.2, 0.25) is 0 Å². The van der Waals surface area contributed by atoms with Gasteiger partial charge in [0.15, 0.2) is 17.4 Å². The maximum absolute atomic E-state index is 12.3. The summed E-state index contributed by atoms with van der Waals surface area (Å²) in [5.41, 5.74) is 0.945. The second-order valence-electron chi connectivity index (χ2n) is 5.46. The van der Waals surface area contributed by atoms with Gasteiger partial charge in [0.05, 0.1) is 28.3 Å². The normalized spacial score (nSPS) is 15.5. The lowest BCUT2D eigenvalue weighted by molar-refractivity contribution is 0.414. The number of aromatic nitrogens is 3. The second-order valence-corrected chi connectivity index (χ2v) is 7.19. The Morgan fingerprint density at radius 3 is 2.91 bits per heavy atom. The Morgan fingerprint density at radius 1 is 1.30 bits per heavy atom. The van der Waals surface area contributed by atoms with Gasteiger partial charge in [0, 0.05) is 22.9 Å². The third kappa shape index (κ3) is 2.68. The Bertz CT molecular complexity index is 889. The third-order valence-electron chi connectivity index (χ3n) is 3.81. The van der Waals surface area contributed by atoms with Gasteiger partial charge >= 0.3 is 0 Å². The number of hydrogen-bond donors (Lipinski definition) is 2. The summed E-state index contributed by atoms with van der Waals surface area (Å²) in [6, 6.07) is 9.63. The van der Waals surface area contributed by atoms with Crippen molar-refractivity contribution in [3.05, 3.63) is 36.5 Å². The quantitative estimate of drug-likeness (QED) is 0.752. The predicted octanol–water partition coefficient (Wildman–Crippen LogP) is 2.98. The summed E-state index contributed by atoms with van der Waals surface area (Å²) in [5, 5.41) is 11.7. The summed E-state index contributed by atoms with van der Waals surface area (Å²) in [4.78, 5) is 5.09. The zero-order chi connectivity index (χ0) is 15.8. The summed E-state index contributed by atoms with van der Waals surface area (Å²) in [6.45, 7) is 0. The van der Waals surface area contributed by atoms with Crippen molar-refractivity contribution in [2.24, 2.45) is 0 Å². The zero-order valence-corrected chi connectivity index (χ0v) is 13.4. The minimum absolute atomic E-state index is 0.274. The summed E-state index contributed by atoms with van der Waals surface area (Å²) < 4.78 is 17.7. The number of fused-ring (bicyclic) bond motifs is 1. The predicted molar refractivity (Wildman–Crippen MR) is 89.6 cm³/mol. The van der Waals surface area contributed by atoms with Gasteiger partial charge in [-0.05, 0) is 25.0 Å². The van der Waals surface area contributed by atoms with Gasteiger partial charge in [-0.25, -0.2) is 4.98 Å². The fourth-order valence-corrected chi connectivity index (χ4v) is 3.76. The van der Waals surface area contributed by atoms with E-state index < -0.39 is 10.8 Å². The Balaban J connectivity index is 1.67. The Labute approximate surface area is 135 Å². The Hall–Kier alpha value is -2.41.